The van der Waals surface area contributed by atoms with E-state index in [4.69, 9.17) is 14.2 Å². The number of para-hydroxylation sites is 2. The molecule has 0 fully saturated rings. The van der Waals surface area contributed by atoms with E-state index in [1.807, 2.05) is 66.5 Å². The molecule has 2 aromatic rings. The van der Waals surface area contributed by atoms with Crippen molar-refractivity contribution in [2.75, 3.05) is 38.2 Å². The molecule has 0 atom stereocenters. The first-order valence-corrected chi connectivity index (χ1v) is 10.1. The average molecular weight is 446 g/mol. The summed E-state index contributed by atoms with van der Waals surface area (Å²) in [6, 6.07) is 16.8. The Balaban J connectivity index is 2.19. The van der Waals surface area contributed by atoms with Crippen molar-refractivity contribution in [2.45, 2.75) is 0 Å². The highest BCUT2D eigenvalue weighted by molar-refractivity contribution is 6.17. The number of carbonyl (C=O) groups is 3. The van der Waals surface area contributed by atoms with Crippen molar-refractivity contribution in [2.24, 2.45) is 0 Å². The van der Waals surface area contributed by atoms with Crippen molar-refractivity contribution in [1.82, 2.24) is 0 Å². The van der Waals surface area contributed by atoms with E-state index in [9.17, 15) is 14.4 Å². The SMILES string of the molecule is COC(=O)C1=CC(c2ccccc2)=C2N(C)c3ccccc3N2C(C(=O)OC)=C1C(=O)OC. The van der Waals surface area contributed by atoms with Gasteiger partial charge in [0.15, 0.2) is 0 Å². The molecule has 0 amide bonds. The number of ether oxygens (including phenoxy) is 3. The predicted octanol–water partition coefficient (Wildman–Crippen LogP) is 3.02. The highest BCUT2D eigenvalue weighted by atomic mass is 16.5. The molecule has 2 heterocycles. The van der Waals surface area contributed by atoms with Crippen LogP contribution >= 0.6 is 0 Å². The van der Waals surface area contributed by atoms with Crippen molar-refractivity contribution in [3.63, 3.8) is 0 Å². The molecule has 0 aromatic heterocycles. The second-order valence-corrected chi connectivity index (χ2v) is 7.24. The minimum Gasteiger partial charge on any atom is -0.465 e. The van der Waals surface area contributed by atoms with Crippen LogP contribution < -0.4 is 9.80 Å². The monoisotopic (exact) mass is 446 g/mol. The van der Waals surface area contributed by atoms with E-state index in [0.29, 0.717) is 17.1 Å². The molecule has 33 heavy (non-hydrogen) atoms. The Hall–Kier alpha value is -4.33. The Morgan fingerprint density at radius 1 is 0.727 bits per heavy atom. The predicted molar refractivity (Wildman–Crippen MR) is 122 cm³/mol. The van der Waals surface area contributed by atoms with Crippen molar-refractivity contribution in [1.29, 1.82) is 0 Å². The minimum absolute atomic E-state index is 0.114. The molecule has 0 spiro atoms. The van der Waals surface area contributed by atoms with E-state index in [1.54, 1.807) is 11.0 Å². The van der Waals surface area contributed by atoms with Crippen LogP contribution in [0, 0.1) is 0 Å². The van der Waals surface area contributed by atoms with Gasteiger partial charge in [-0.1, -0.05) is 42.5 Å². The van der Waals surface area contributed by atoms with Gasteiger partial charge in [-0.15, -0.1) is 0 Å². The lowest BCUT2D eigenvalue weighted by atomic mass is 9.98. The van der Waals surface area contributed by atoms with Gasteiger partial charge in [0.2, 0.25) is 0 Å². The standard InChI is InChI=1S/C25H22N2O6/c1-26-18-12-8-9-13-19(18)27-21(25(30)33-4)20(24(29)32-3)17(23(28)31-2)14-16(22(26)27)15-10-6-5-7-11-15/h5-14H,1-4H3. The number of rotatable bonds is 4. The number of methoxy groups -OCH3 is 3. The van der Waals surface area contributed by atoms with Gasteiger partial charge in [0.25, 0.3) is 0 Å². The molecule has 8 nitrogen and oxygen atoms in total. The lowest BCUT2D eigenvalue weighted by molar-refractivity contribution is -0.140. The summed E-state index contributed by atoms with van der Waals surface area (Å²) in [7, 11) is 5.45. The summed E-state index contributed by atoms with van der Waals surface area (Å²) >= 11 is 0. The third kappa shape index (κ3) is 3.45. The molecule has 2 aliphatic rings. The van der Waals surface area contributed by atoms with Crippen LogP contribution in [0.1, 0.15) is 5.56 Å². The molecular weight excluding hydrogens is 424 g/mol. The highest BCUT2D eigenvalue weighted by Gasteiger charge is 2.43. The van der Waals surface area contributed by atoms with Crippen molar-refractivity contribution >= 4 is 34.9 Å². The molecule has 4 rings (SSSR count). The van der Waals surface area contributed by atoms with Crippen molar-refractivity contribution < 1.29 is 28.6 Å². The second kappa shape index (κ2) is 8.66. The van der Waals surface area contributed by atoms with Gasteiger partial charge in [0.05, 0.1) is 38.3 Å². The molecule has 0 saturated carbocycles. The number of hydrogen-bond donors (Lipinski definition) is 0. The Morgan fingerprint density at radius 3 is 1.91 bits per heavy atom. The number of hydrogen-bond acceptors (Lipinski definition) is 8. The molecule has 2 aliphatic heterocycles. The van der Waals surface area contributed by atoms with E-state index in [1.165, 1.54) is 21.3 Å². The zero-order valence-corrected chi connectivity index (χ0v) is 18.6. The first-order chi connectivity index (χ1) is 15.9. The van der Waals surface area contributed by atoms with E-state index in [-0.39, 0.29) is 16.8 Å². The topological polar surface area (TPSA) is 85.4 Å². The van der Waals surface area contributed by atoms with E-state index in [2.05, 4.69) is 0 Å². The number of benzene rings is 2. The number of esters is 3. The highest BCUT2D eigenvalue weighted by Crippen LogP contribution is 2.48. The van der Waals surface area contributed by atoms with Crippen LogP contribution in [0.3, 0.4) is 0 Å². The maximum atomic E-state index is 13.2. The first kappa shape index (κ1) is 21.9. The number of allylic oxidation sites excluding steroid dienone is 2. The van der Waals surface area contributed by atoms with Gasteiger partial charge in [-0.3, -0.25) is 4.90 Å². The second-order valence-electron chi connectivity index (χ2n) is 7.24. The molecule has 0 bridgehead atoms. The quantitative estimate of drug-likeness (QED) is 0.524. The van der Waals surface area contributed by atoms with Gasteiger partial charge in [0, 0.05) is 12.6 Å². The number of carbonyl (C=O) groups excluding carboxylic acids is 3. The first-order valence-electron chi connectivity index (χ1n) is 10.1. The summed E-state index contributed by atoms with van der Waals surface area (Å²) in [5.41, 5.74) is 2.33. The van der Waals surface area contributed by atoms with Crippen molar-refractivity contribution in [3.05, 3.63) is 88.9 Å². The molecule has 168 valence electrons. The maximum Gasteiger partial charge on any atom is 0.356 e. The minimum atomic E-state index is -0.868. The van der Waals surface area contributed by atoms with Crippen LogP contribution in [-0.4, -0.2) is 46.3 Å². The Morgan fingerprint density at radius 2 is 1.30 bits per heavy atom. The number of fused-ring (bicyclic) bond motifs is 3. The van der Waals surface area contributed by atoms with Crippen molar-refractivity contribution in [3.8, 4) is 0 Å². The summed E-state index contributed by atoms with van der Waals surface area (Å²) in [6.45, 7) is 0. The van der Waals surface area contributed by atoms with Crippen LogP contribution in [0.5, 0.6) is 0 Å². The molecule has 2 aromatic carbocycles. The third-order valence-electron chi connectivity index (χ3n) is 5.53. The average Bonchev–Trinajstić information content (AvgIpc) is 3.04. The summed E-state index contributed by atoms with van der Waals surface area (Å²) < 4.78 is 15.0. The largest absolute Gasteiger partial charge is 0.465 e. The smallest absolute Gasteiger partial charge is 0.356 e. The zero-order valence-electron chi connectivity index (χ0n) is 18.6. The molecule has 0 saturated heterocycles. The molecular formula is C25H22N2O6. The fourth-order valence-electron chi connectivity index (χ4n) is 4.06. The Bertz CT molecular complexity index is 1240. The van der Waals surface area contributed by atoms with Gasteiger partial charge in [0.1, 0.15) is 17.1 Å². The van der Waals surface area contributed by atoms with Crippen LogP contribution in [0.4, 0.5) is 11.4 Å². The molecule has 0 radical (unpaired) electrons. The zero-order chi connectivity index (χ0) is 23.7. The maximum absolute atomic E-state index is 13.2. The van der Waals surface area contributed by atoms with Crippen LogP contribution in [0.25, 0.3) is 5.57 Å². The van der Waals surface area contributed by atoms with Gasteiger partial charge in [-0.2, -0.15) is 0 Å². The Kier molecular flexibility index (Phi) is 5.74. The van der Waals surface area contributed by atoms with E-state index < -0.39 is 17.9 Å². The van der Waals surface area contributed by atoms with Crippen LogP contribution in [0.15, 0.2) is 83.3 Å². The van der Waals surface area contributed by atoms with Gasteiger partial charge >= 0.3 is 17.9 Å². The van der Waals surface area contributed by atoms with Gasteiger partial charge in [-0.05, 0) is 23.8 Å². The summed E-state index contributed by atoms with van der Waals surface area (Å²) in [4.78, 5) is 42.6. The third-order valence-corrected chi connectivity index (χ3v) is 5.53. The molecule has 0 N–H and O–H groups in total. The number of nitrogens with zero attached hydrogens (tertiary/aromatic N) is 2. The lowest BCUT2D eigenvalue weighted by Gasteiger charge is -2.26. The lowest BCUT2D eigenvalue weighted by Crippen LogP contribution is -2.33. The van der Waals surface area contributed by atoms with E-state index in [0.717, 1.165) is 11.3 Å². The summed E-state index contributed by atoms with van der Waals surface area (Å²) in [6.07, 6.45) is 1.55. The van der Waals surface area contributed by atoms with Gasteiger partial charge in [-0.25, -0.2) is 14.4 Å². The fraction of sp³-hybridized carbons (Fsp3) is 0.160. The molecule has 8 heteroatoms. The number of anilines is 2. The molecule has 0 unspecified atom stereocenters. The summed E-state index contributed by atoms with van der Waals surface area (Å²) in [5.74, 6) is -1.89. The van der Waals surface area contributed by atoms with Crippen LogP contribution in [-0.2, 0) is 28.6 Å². The fourth-order valence-corrected chi connectivity index (χ4v) is 4.06. The normalized spacial score (nSPS) is 14.8. The molecule has 0 aliphatic carbocycles. The van der Waals surface area contributed by atoms with E-state index >= 15 is 0 Å². The van der Waals surface area contributed by atoms with Crippen LogP contribution in [0.2, 0.25) is 0 Å². The van der Waals surface area contributed by atoms with Gasteiger partial charge < -0.3 is 19.1 Å². The summed E-state index contributed by atoms with van der Waals surface area (Å²) in [5, 5.41) is 0. The Labute approximate surface area is 190 Å².